The number of furan rings is 2. The molecule has 0 unspecified atom stereocenters. The monoisotopic (exact) mass is 996 g/mol. The maximum absolute atomic E-state index is 7.27. The van der Waals surface area contributed by atoms with Crippen LogP contribution in [0.15, 0.2) is 179 Å². The van der Waals surface area contributed by atoms with Crippen molar-refractivity contribution >= 4 is 115 Å². The van der Waals surface area contributed by atoms with Gasteiger partial charge in [0.2, 0.25) is 0 Å². The zero-order valence-electron chi connectivity index (χ0n) is 44.9. The van der Waals surface area contributed by atoms with E-state index >= 15 is 0 Å². The number of anilines is 6. The van der Waals surface area contributed by atoms with Gasteiger partial charge in [-0.3, -0.25) is 0 Å². The fourth-order valence-corrected chi connectivity index (χ4v) is 21.3. The predicted octanol–water partition coefficient (Wildman–Crippen LogP) is 17.2. The molecule has 74 heavy (non-hydrogen) atoms. The molecular weight excluding hydrogens is 933 g/mol. The van der Waals surface area contributed by atoms with E-state index in [9.17, 15) is 0 Å². The average Bonchev–Trinajstić information content (AvgIpc) is 4.09. The van der Waals surface area contributed by atoms with Gasteiger partial charge in [0.1, 0.15) is 38.5 Å². The first-order chi connectivity index (χ1) is 35.3. The van der Waals surface area contributed by atoms with Crippen LogP contribution in [0.2, 0.25) is 26.2 Å². The van der Waals surface area contributed by atoms with Gasteiger partial charge < -0.3 is 18.6 Å². The Balaban J connectivity index is 1.07. The Labute approximate surface area is 437 Å². The molecule has 0 atom stereocenters. The molecule has 366 valence electrons. The van der Waals surface area contributed by atoms with Crippen molar-refractivity contribution in [2.24, 2.45) is 0 Å². The number of rotatable bonds is 6. The first-order valence-corrected chi connectivity index (χ1v) is 32.4. The van der Waals surface area contributed by atoms with Crippen molar-refractivity contribution in [1.29, 1.82) is 0 Å². The summed E-state index contributed by atoms with van der Waals surface area (Å²) in [5.74, 6) is 0. The van der Waals surface area contributed by atoms with E-state index in [1.54, 1.807) is 10.4 Å². The molecule has 0 saturated heterocycles. The van der Waals surface area contributed by atoms with E-state index in [4.69, 9.17) is 8.83 Å². The lowest BCUT2D eigenvalue weighted by molar-refractivity contribution is 0.590. The van der Waals surface area contributed by atoms with Crippen LogP contribution in [-0.4, -0.2) is 16.1 Å². The molecule has 2 aliphatic heterocycles. The lowest BCUT2D eigenvalue weighted by atomic mass is 9.87. The SMILES string of the molecule is Cc1ccccc1N(c1ccc(C(C)(C)C)cc1)c1cc2c(c3oc4ccccc4c13)-c1ccc3c(c1[Si]2(C)C)[Si](C)(C)c1cc(N(c2ccc(C(C)(C)C)cc2)c2ccccc2C)c2c(oc4ccccc42)c1-3. The summed E-state index contributed by atoms with van der Waals surface area (Å²) in [6, 6.07) is 63.6. The quantitative estimate of drug-likeness (QED) is 0.155. The summed E-state index contributed by atoms with van der Waals surface area (Å²) in [7, 11) is -5.04. The molecule has 0 saturated carbocycles. The summed E-state index contributed by atoms with van der Waals surface area (Å²) < 4.78 is 14.5. The van der Waals surface area contributed by atoms with Gasteiger partial charge in [0.25, 0.3) is 0 Å². The summed E-state index contributed by atoms with van der Waals surface area (Å²) in [4.78, 5) is 5.02. The molecule has 0 amide bonds. The van der Waals surface area contributed by atoms with E-state index in [1.807, 2.05) is 0 Å². The maximum atomic E-state index is 7.27. The lowest BCUT2D eigenvalue weighted by Crippen LogP contribution is -2.63. The zero-order valence-corrected chi connectivity index (χ0v) is 46.9. The number of fused-ring (bicyclic) bond motifs is 15. The topological polar surface area (TPSA) is 32.8 Å². The number of para-hydroxylation sites is 4. The molecule has 4 heterocycles. The third-order valence-corrected chi connectivity index (χ3v) is 24.0. The Morgan fingerprint density at radius 3 is 1.11 bits per heavy atom. The molecule has 4 nitrogen and oxygen atoms in total. The fourth-order valence-electron chi connectivity index (χ4n) is 12.9. The van der Waals surface area contributed by atoms with Crippen LogP contribution >= 0.6 is 0 Å². The summed E-state index contributed by atoms with van der Waals surface area (Å²) >= 11 is 0. The second kappa shape index (κ2) is 16.1. The number of hydrogen-bond donors (Lipinski definition) is 0. The Hall–Kier alpha value is -7.39. The number of benzene rings is 9. The largest absolute Gasteiger partial charge is 0.455 e. The average molecular weight is 997 g/mol. The van der Waals surface area contributed by atoms with Gasteiger partial charge in [-0.1, -0.05) is 177 Å². The number of aryl methyl sites for hydroxylation is 2. The zero-order chi connectivity index (χ0) is 51.4. The number of hydrogen-bond acceptors (Lipinski definition) is 4. The van der Waals surface area contributed by atoms with Crippen LogP contribution in [0.3, 0.4) is 0 Å². The molecule has 2 aliphatic rings. The number of nitrogens with zero attached hydrogens (tertiary/aromatic N) is 2. The highest BCUT2D eigenvalue weighted by molar-refractivity contribution is 7.13. The van der Waals surface area contributed by atoms with E-state index < -0.39 is 16.1 Å². The molecule has 0 N–H and O–H groups in total. The van der Waals surface area contributed by atoms with Gasteiger partial charge in [0.05, 0.1) is 22.1 Å². The van der Waals surface area contributed by atoms with E-state index in [0.29, 0.717) is 0 Å². The molecule has 9 aromatic carbocycles. The van der Waals surface area contributed by atoms with E-state index in [-0.39, 0.29) is 10.8 Å². The highest BCUT2D eigenvalue weighted by Gasteiger charge is 2.50. The van der Waals surface area contributed by atoms with Crippen molar-refractivity contribution in [3.05, 3.63) is 192 Å². The summed E-state index contributed by atoms with van der Waals surface area (Å²) in [6.45, 7) is 28.6. The van der Waals surface area contributed by atoms with Crippen molar-refractivity contribution in [3.8, 4) is 22.3 Å². The molecule has 2 aromatic heterocycles. The van der Waals surface area contributed by atoms with Crippen molar-refractivity contribution in [1.82, 2.24) is 0 Å². The molecule has 6 heteroatoms. The minimum Gasteiger partial charge on any atom is -0.455 e. The van der Waals surface area contributed by atoms with Crippen molar-refractivity contribution in [2.75, 3.05) is 9.80 Å². The lowest BCUT2D eigenvalue weighted by Gasteiger charge is -2.31. The Morgan fingerprint density at radius 2 is 0.743 bits per heavy atom. The second-order valence-corrected chi connectivity index (χ2v) is 32.8. The molecule has 0 radical (unpaired) electrons. The van der Waals surface area contributed by atoms with E-state index in [2.05, 4.69) is 261 Å². The van der Waals surface area contributed by atoms with Gasteiger partial charge in [-0.05, 0) is 139 Å². The Kier molecular flexibility index (Phi) is 10.1. The minimum absolute atomic E-state index is 0.0302. The van der Waals surface area contributed by atoms with Crippen molar-refractivity contribution < 1.29 is 8.83 Å². The third kappa shape index (κ3) is 6.70. The van der Waals surface area contributed by atoms with Crippen LogP contribution < -0.4 is 30.5 Å². The molecule has 0 bridgehead atoms. The summed E-state index contributed by atoms with van der Waals surface area (Å²) in [5, 5.41) is 10.5. The normalized spacial score (nSPS) is 14.4. The van der Waals surface area contributed by atoms with Crippen LogP contribution in [0.5, 0.6) is 0 Å². The minimum atomic E-state index is -2.52. The first-order valence-electron chi connectivity index (χ1n) is 26.4. The van der Waals surface area contributed by atoms with Gasteiger partial charge in [-0.2, -0.15) is 0 Å². The van der Waals surface area contributed by atoms with Crippen molar-refractivity contribution in [3.63, 3.8) is 0 Å². The molecule has 0 fully saturated rings. The molecule has 13 rings (SSSR count). The third-order valence-electron chi connectivity index (χ3n) is 16.8. The van der Waals surface area contributed by atoms with E-state index in [1.165, 1.54) is 54.9 Å². The maximum Gasteiger partial charge on any atom is 0.145 e. The highest BCUT2D eigenvalue weighted by Crippen LogP contribution is 2.52. The Bertz CT molecular complexity index is 3850. The van der Waals surface area contributed by atoms with Crippen LogP contribution in [-0.2, 0) is 10.8 Å². The second-order valence-electron chi connectivity index (χ2n) is 24.2. The highest BCUT2D eigenvalue weighted by atomic mass is 28.3. The Morgan fingerprint density at radius 1 is 0.392 bits per heavy atom. The van der Waals surface area contributed by atoms with Gasteiger partial charge in [0.15, 0.2) is 0 Å². The van der Waals surface area contributed by atoms with Crippen molar-refractivity contribution in [2.45, 2.75) is 92.4 Å². The standard InChI is InChI=1S/C68H64N2O2Si2/c1-41-21-13-17-25-51(41)69(45-33-29-43(30-34-45)67(3,4)5)53-39-57-61(63-59(53)47-23-15-19-27-55(47)71-63)49-37-38-50-62-58(74(11,12)66(50)65(49)73(57,9)10)40-54(60-48-24-16-20-28-56(48)72-64(60)62)70(52-26-18-14-22-42(52)2)46-35-31-44(32-36-46)68(6,7)8/h13-40H,1-12H3. The van der Waals surface area contributed by atoms with Crippen LogP contribution in [0.4, 0.5) is 34.1 Å². The molecule has 0 spiro atoms. The first kappa shape index (κ1) is 46.4. The predicted molar refractivity (Wildman–Crippen MR) is 322 cm³/mol. The van der Waals surface area contributed by atoms with Crippen LogP contribution in [0, 0.1) is 13.8 Å². The van der Waals surface area contributed by atoms with Gasteiger partial charge >= 0.3 is 0 Å². The smallest absolute Gasteiger partial charge is 0.145 e. The van der Waals surface area contributed by atoms with Gasteiger partial charge in [0, 0.05) is 44.6 Å². The van der Waals surface area contributed by atoms with Crippen LogP contribution in [0.1, 0.15) is 63.8 Å². The summed E-state index contributed by atoms with van der Waals surface area (Å²) in [5.41, 5.74) is 21.0. The molecule has 0 aliphatic carbocycles. The molecule has 11 aromatic rings. The van der Waals surface area contributed by atoms with Crippen LogP contribution in [0.25, 0.3) is 66.1 Å². The van der Waals surface area contributed by atoms with Gasteiger partial charge in [-0.25, -0.2) is 0 Å². The van der Waals surface area contributed by atoms with Gasteiger partial charge in [-0.15, -0.1) is 0 Å². The fraction of sp³-hybridized carbons (Fsp3) is 0.206. The molecular formula is C68H64N2O2Si2. The van der Waals surface area contributed by atoms with E-state index in [0.717, 1.165) is 78.0 Å². The summed E-state index contributed by atoms with van der Waals surface area (Å²) in [6.07, 6.45) is 0.